The first-order chi connectivity index (χ1) is 5.42. The predicted octanol–water partition coefficient (Wildman–Crippen LogP) is 2.05. The van der Waals surface area contributed by atoms with Gasteiger partial charge in [0.15, 0.2) is 0 Å². The van der Waals surface area contributed by atoms with E-state index >= 15 is 0 Å². The van der Waals surface area contributed by atoms with Crippen molar-refractivity contribution in [3.05, 3.63) is 41.3 Å². The van der Waals surface area contributed by atoms with E-state index in [0.717, 1.165) is 18.4 Å². The van der Waals surface area contributed by atoms with Crippen molar-refractivity contribution in [2.45, 2.75) is 12.8 Å². The number of hydrogen-bond donors (Lipinski definition) is 0. The second-order valence-electron chi connectivity index (χ2n) is 2.73. The molecule has 12 heavy (non-hydrogen) atoms. The third-order valence-corrected chi connectivity index (χ3v) is 2.09. The topological polar surface area (TPSA) is 23.8 Å². The predicted molar refractivity (Wildman–Crippen MR) is 42.9 cm³/mol. The van der Waals surface area contributed by atoms with Crippen molar-refractivity contribution in [1.82, 2.24) is 0 Å². The van der Waals surface area contributed by atoms with Crippen LogP contribution >= 0.6 is 0 Å². The quantitative estimate of drug-likeness (QED) is 0.627. The van der Waals surface area contributed by atoms with Gasteiger partial charge < -0.3 is 0 Å². The Labute approximate surface area is 97.7 Å². The minimum Gasteiger partial charge on any atom is -0.194 e. The van der Waals surface area contributed by atoms with E-state index in [1.165, 1.54) is 11.1 Å². The van der Waals surface area contributed by atoms with Crippen molar-refractivity contribution < 1.29 is 32.7 Å². The Morgan fingerprint density at radius 2 is 2.25 bits per heavy atom. The van der Waals surface area contributed by atoms with Crippen LogP contribution in [0.5, 0.6) is 0 Å². The van der Waals surface area contributed by atoms with Gasteiger partial charge in [-0.2, -0.15) is 23.3 Å². The fourth-order valence-electron chi connectivity index (χ4n) is 1.55. The van der Waals surface area contributed by atoms with Gasteiger partial charge in [0.1, 0.15) is 0 Å². The van der Waals surface area contributed by atoms with Gasteiger partial charge in [-0.05, 0) is 5.56 Å². The summed E-state index contributed by atoms with van der Waals surface area (Å²) in [6.07, 6.45) is 4.32. The van der Waals surface area contributed by atoms with E-state index in [1.807, 2.05) is 12.1 Å². The maximum Gasteiger partial charge on any atom is 0.0859 e. The van der Waals surface area contributed by atoms with Gasteiger partial charge in [0.2, 0.25) is 0 Å². The monoisotopic (exact) mass is 231 g/mol. The van der Waals surface area contributed by atoms with Gasteiger partial charge in [-0.1, -0.05) is 18.9 Å². The molecule has 1 aromatic rings. The summed E-state index contributed by atoms with van der Waals surface area (Å²) < 4.78 is 0. The molecular formula is C10H8NY-. The van der Waals surface area contributed by atoms with Crippen molar-refractivity contribution >= 4 is 0 Å². The summed E-state index contributed by atoms with van der Waals surface area (Å²) in [6.45, 7) is 0. The summed E-state index contributed by atoms with van der Waals surface area (Å²) in [5, 5.41) is 8.74. The van der Waals surface area contributed by atoms with Crippen LogP contribution in [0.15, 0.2) is 18.2 Å². The van der Waals surface area contributed by atoms with Gasteiger partial charge in [0.25, 0.3) is 0 Å². The smallest absolute Gasteiger partial charge is 0.0859 e. The molecule has 0 saturated carbocycles. The summed E-state index contributed by atoms with van der Waals surface area (Å²) >= 11 is 0. The van der Waals surface area contributed by atoms with E-state index in [0.29, 0.717) is 0 Å². The molecule has 0 amide bonds. The Morgan fingerprint density at radius 1 is 1.42 bits per heavy atom. The van der Waals surface area contributed by atoms with E-state index in [4.69, 9.17) is 5.26 Å². The van der Waals surface area contributed by atoms with Crippen LogP contribution in [0.4, 0.5) is 0 Å². The zero-order valence-corrected chi connectivity index (χ0v) is 9.59. The van der Waals surface area contributed by atoms with Crippen molar-refractivity contribution in [3.8, 4) is 6.07 Å². The Bertz CT molecular complexity index is 325. The number of hydrogen-bond acceptors (Lipinski definition) is 1. The third kappa shape index (κ3) is 1.55. The molecule has 1 aliphatic carbocycles. The van der Waals surface area contributed by atoms with Crippen LogP contribution in [0.3, 0.4) is 0 Å². The zero-order valence-electron chi connectivity index (χ0n) is 6.75. The van der Waals surface area contributed by atoms with Crippen molar-refractivity contribution in [1.29, 1.82) is 5.26 Å². The molecule has 1 radical (unpaired) electrons. The molecule has 1 aliphatic rings. The second kappa shape index (κ2) is 4.07. The molecule has 57 valence electrons. The van der Waals surface area contributed by atoms with Gasteiger partial charge in [-0.25, -0.2) is 0 Å². The SMILES string of the molecule is N#Cc1cccc2c1CC[CH-]2.[Y]. The third-order valence-electron chi connectivity index (χ3n) is 2.09. The second-order valence-corrected chi connectivity index (χ2v) is 2.73. The van der Waals surface area contributed by atoms with E-state index in [-0.39, 0.29) is 32.7 Å². The largest absolute Gasteiger partial charge is 0.194 e. The van der Waals surface area contributed by atoms with Gasteiger partial charge in [0.05, 0.1) is 6.07 Å². The fraction of sp³-hybridized carbons (Fsp3) is 0.200. The minimum atomic E-state index is 0. The van der Waals surface area contributed by atoms with Gasteiger partial charge in [-0.15, -0.1) is 11.6 Å². The van der Waals surface area contributed by atoms with Crippen LogP contribution < -0.4 is 0 Å². The van der Waals surface area contributed by atoms with Gasteiger partial charge in [-0.3, -0.25) is 0 Å². The van der Waals surface area contributed by atoms with Crippen molar-refractivity contribution in [2.24, 2.45) is 0 Å². The molecule has 0 fully saturated rings. The van der Waals surface area contributed by atoms with E-state index in [1.54, 1.807) is 0 Å². The van der Waals surface area contributed by atoms with Crippen molar-refractivity contribution in [3.63, 3.8) is 0 Å². The Morgan fingerprint density at radius 3 is 3.00 bits per heavy atom. The van der Waals surface area contributed by atoms with E-state index in [9.17, 15) is 0 Å². The molecule has 1 nitrogen and oxygen atoms in total. The molecule has 2 rings (SSSR count). The van der Waals surface area contributed by atoms with Crippen LogP contribution in [0.1, 0.15) is 23.1 Å². The van der Waals surface area contributed by atoms with E-state index < -0.39 is 0 Å². The molecule has 0 spiro atoms. The van der Waals surface area contributed by atoms with Crippen LogP contribution in [0.2, 0.25) is 0 Å². The molecule has 0 aromatic heterocycles. The standard InChI is InChI=1S/C10H8N.Y/c11-7-9-5-1-3-8-4-2-6-10(8)9;/h1,3-5H,2,6H2;/q-1;. The summed E-state index contributed by atoms with van der Waals surface area (Å²) in [6, 6.07) is 8.11. The van der Waals surface area contributed by atoms with Gasteiger partial charge >= 0.3 is 0 Å². The molecular weight excluding hydrogens is 223 g/mol. The van der Waals surface area contributed by atoms with Crippen LogP contribution in [0.25, 0.3) is 0 Å². The fourth-order valence-corrected chi connectivity index (χ4v) is 1.55. The molecule has 0 N–H and O–H groups in total. The number of fused-ring (bicyclic) bond motifs is 1. The Kier molecular flexibility index (Phi) is 3.32. The molecule has 0 aliphatic heterocycles. The summed E-state index contributed by atoms with van der Waals surface area (Å²) in [5.41, 5.74) is 3.33. The van der Waals surface area contributed by atoms with Crippen LogP contribution in [-0.2, 0) is 39.1 Å². The summed E-state index contributed by atoms with van der Waals surface area (Å²) in [5.74, 6) is 0. The molecule has 2 heteroatoms. The number of nitriles is 1. The Hall–Kier alpha value is -0.316. The average Bonchev–Trinajstić information content (AvgIpc) is 2.50. The molecule has 0 saturated heterocycles. The summed E-state index contributed by atoms with van der Waals surface area (Å²) in [7, 11) is 0. The maximum absolute atomic E-state index is 8.74. The molecule has 0 bridgehead atoms. The first-order valence-corrected chi connectivity index (χ1v) is 3.77. The number of benzene rings is 1. The van der Waals surface area contributed by atoms with Crippen LogP contribution in [0, 0.1) is 17.8 Å². The average molecular weight is 231 g/mol. The number of rotatable bonds is 0. The normalized spacial score (nSPS) is 12.2. The van der Waals surface area contributed by atoms with Gasteiger partial charge in [0, 0.05) is 32.7 Å². The molecule has 0 heterocycles. The van der Waals surface area contributed by atoms with Crippen LogP contribution in [-0.4, -0.2) is 0 Å². The Balaban J connectivity index is 0.000000720. The number of nitrogens with zero attached hydrogens (tertiary/aromatic N) is 1. The minimum absolute atomic E-state index is 0. The van der Waals surface area contributed by atoms with E-state index in [2.05, 4.69) is 18.6 Å². The van der Waals surface area contributed by atoms with Crippen molar-refractivity contribution in [2.75, 3.05) is 0 Å². The first-order valence-electron chi connectivity index (χ1n) is 3.77. The maximum atomic E-state index is 8.74. The molecule has 0 unspecified atom stereocenters. The molecule has 0 atom stereocenters. The first kappa shape index (κ1) is 9.77. The molecule has 1 aromatic carbocycles. The summed E-state index contributed by atoms with van der Waals surface area (Å²) in [4.78, 5) is 0. The zero-order chi connectivity index (χ0) is 7.68.